The number of carbonyl (C=O) groups excluding carboxylic acids is 2. The normalized spacial score (nSPS) is 18.9. The molecule has 2 aromatic heterocycles. The van der Waals surface area contributed by atoms with Crippen LogP contribution in [0.3, 0.4) is 0 Å². The summed E-state index contributed by atoms with van der Waals surface area (Å²) in [4.78, 5) is 32.5. The highest BCUT2D eigenvalue weighted by Crippen LogP contribution is 2.51. The Kier molecular flexibility index (Phi) is 7.76. The second-order valence-corrected chi connectivity index (χ2v) is 13.5. The number of nitrogens with zero attached hydrogens (tertiary/aromatic N) is 4. The number of piperidine rings is 1. The molecule has 218 valence electrons. The number of aromatic nitrogens is 3. The van der Waals surface area contributed by atoms with Gasteiger partial charge in [-0.15, -0.1) is 0 Å². The fourth-order valence-corrected chi connectivity index (χ4v) is 6.28. The third-order valence-corrected chi connectivity index (χ3v) is 8.83. The molecule has 4 heterocycles. The van der Waals surface area contributed by atoms with Crippen LogP contribution in [0.25, 0.3) is 11.3 Å². The largest absolute Gasteiger partial charge is 0.444 e. The van der Waals surface area contributed by atoms with Gasteiger partial charge in [0.05, 0.1) is 5.69 Å². The lowest BCUT2D eigenvalue weighted by atomic mass is 9.62. The van der Waals surface area contributed by atoms with Gasteiger partial charge in [0.15, 0.2) is 0 Å². The average molecular weight is 625 g/mol. The number of aliphatic hydroxyl groups is 1. The van der Waals surface area contributed by atoms with Crippen LogP contribution in [0.2, 0.25) is 0 Å². The van der Waals surface area contributed by atoms with Crippen molar-refractivity contribution in [1.29, 1.82) is 0 Å². The van der Waals surface area contributed by atoms with Crippen molar-refractivity contribution in [2.24, 2.45) is 5.41 Å². The molecule has 0 radical (unpaired) electrons. The van der Waals surface area contributed by atoms with E-state index >= 15 is 0 Å². The van der Waals surface area contributed by atoms with Gasteiger partial charge in [-0.1, -0.05) is 35.0 Å². The Labute approximate surface area is 249 Å². The van der Waals surface area contributed by atoms with Crippen molar-refractivity contribution in [3.8, 4) is 11.3 Å². The first-order valence-electron chi connectivity index (χ1n) is 14.0. The third kappa shape index (κ3) is 5.77. The molecule has 1 aromatic carbocycles. The van der Waals surface area contributed by atoms with E-state index in [1.165, 1.54) is 0 Å². The summed E-state index contributed by atoms with van der Waals surface area (Å²) in [6, 6.07) is 11.6. The summed E-state index contributed by atoms with van der Waals surface area (Å²) >= 11 is 3.50. The molecule has 0 spiro atoms. The number of pyridine rings is 1. The molecular weight excluding hydrogens is 586 g/mol. The predicted octanol–water partition coefficient (Wildman–Crippen LogP) is 5.45. The number of carbonyl (C=O) groups is 2. The standard InChI is InChI=1S/C31H38BrN5O4/c1-20(38)36-12-10-21(11-13-36)26-15-27(35-34-26)22-14-24(17-33-16-22)31(40,23-6-8-25(32)9-7-23)30(5)18-37(19-30)28(39)41-29(2,3)4/h6-9,14-17,21,40H,10-13,18-19H2,1-5H3,(H,34,35)/t31-/m0/s1. The number of halogens is 1. The van der Waals surface area contributed by atoms with Gasteiger partial charge < -0.3 is 19.6 Å². The minimum atomic E-state index is -1.44. The van der Waals surface area contributed by atoms with Crippen LogP contribution < -0.4 is 0 Å². The zero-order chi connectivity index (χ0) is 29.6. The number of rotatable bonds is 5. The lowest BCUT2D eigenvalue weighted by Gasteiger charge is -2.56. The Morgan fingerprint density at radius 1 is 1.05 bits per heavy atom. The summed E-state index contributed by atoms with van der Waals surface area (Å²) in [5.41, 5.74) is 1.18. The van der Waals surface area contributed by atoms with Crippen LogP contribution in [0.15, 0.2) is 53.3 Å². The number of likely N-dealkylation sites (tertiary alicyclic amines) is 2. The lowest BCUT2D eigenvalue weighted by molar-refractivity contribution is -0.131. The van der Waals surface area contributed by atoms with E-state index in [0.717, 1.165) is 47.4 Å². The van der Waals surface area contributed by atoms with Crippen molar-refractivity contribution in [3.05, 3.63) is 70.1 Å². The summed E-state index contributed by atoms with van der Waals surface area (Å²) in [5.74, 6) is 0.416. The van der Waals surface area contributed by atoms with Gasteiger partial charge in [-0.3, -0.25) is 14.9 Å². The van der Waals surface area contributed by atoms with Crippen LogP contribution in [0, 0.1) is 5.41 Å². The SMILES string of the molecule is CC(=O)N1CCC(c2cc(-c3cncc([C@@](O)(c4ccc(Br)cc4)C4(C)CN(C(=O)OC(C)(C)C)C4)c3)n[nH]2)CC1. The molecule has 9 nitrogen and oxygen atoms in total. The monoisotopic (exact) mass is 623 g/mol. The molecule has 0 aliphatic carbocycles. The second-order valence-electron chi connectivity index (χ2n) is 12.6. The Morgan fingerprint density at radius 2 is 1.71 bits per heavy atom. The molecule has 2 fully saturated rings. The van der Waals surface area contributed by atoms with E-state index in [2.05, 4.69) is 31.1 Å². The maximum Gasteiger partial charge on any atom is 0.410 e. The number of H-pyrrole nitrogens is 1. The smallest absolute Gasteiger partial charge is 0.410 e. The van der Waals surface area contributed by atoms with Crippen LogP contribution in [-0.2, 0) is 15.1 Å². The van der Waals surface area contributed by atoms with Gasteiger partial charge in [0.1, 0.15) is 11.2 Å². The molecule has 0 bridgehead atoms. The van der Waals surface area contributed by atoms with Crippen molar-refractivity contribution in [2.45, 2.75) is 64.6 Å². The number of ether oxygens (including phenoxy) is 1. The molecule has 0 saturated carbocycles. The zero-order valence-corrected chi connectivity index (χ0v) is 25.9. The van der Waals surface area contributed by atoms with Crippen LogP contribution >= 0.6 is 15.9 Å². The summed E-state index contributed by atoms with van der Waals surface area (Å²) in [6.07, 6.45) is 4.82. The van der Waals surface area contributed by atoms with E-state index in [9.17, 15) is 14.7 Å². The maximum absolute atomic E-state index is 12.8. The van der Waals surface area contributed by atoms with E-state index in [0.29, 0.717) is 30.1 Å². The van der Waals surface area contributed by atoms with Gasteiger partial charge in [0.2, 0.25) is 5.91 Å². The quantitative estimate of drug-likeness (QED) is 0.391. The van der Waals surface area contributed by atoms with Gasteiger partial charge in [0.25, 0.3) is 0 Å². The van der Waals surface area contributed by atoms with Crippen LogP contribution in [0.5, 0.6) is 0 Å². The molecule has 1 atom stereocenters. The minimum Gasteiger partial charge on any atom is -0.444 e. The van der Waals surface area contributed by atoms with Gasteiger partial charge >= 0.3 is 6.09 Å². The molecule has 2 amide bonds. The fourth-order valence-electron chi connectivity index (χ4n) is 6.01. The van der Waals surface area contributed by atoms with Gasteiger partial charge in [-0.25, -0.2) is 4.79 Å². The summed E-state index contributed by atoms with van der Waals surface area (Å²) < 4.78 is 6.48. The molecule has 41 heavy (non-hydrogen) atoms. The number of hydrogen-bond donors (Lipinski definition) is 2. The van der Waals surface area contributed by atoms with E-state index in [1.54, 1.807) is 24.2 Å². The first-order valence-corrected chi connectivity index (χ1v) is 14.8. The molecule has 2 aliphatic rings. The summed E-state index contributed by atoms with van der Waals surface area (Å²) in [5, 5.41) is 20.4. The van der Waals surface area contributed by atoms with Crippen LogP contribution in [-0.4, -0.2) is 73.9 Å². The molecule has 2 aliphatic heterocycles. The fraction of sp³-hybridized carbons (Fsp3) is 0.484. The molecule has 3 aromatic rings. The molecule has 5 rings (SSSR count). The first-order chi connectivity index (χ1) is 19.3. The molecule has 2 saturated heterocycles. The predicted molar refractivity (Wildman–Crippen MR) is 159 cm³/mol. The third-order valence-electron chi connectivity index (χ3n) is 8.30. The Morgan fingerprint density at radius 3 is 2.32 bits per heavy atom. The van der Waals surface area contributed by atoms with E-state index in [-0.39, 0.29) is 5.91 Å². The highest BCUT2D eigenvalue weighted by atomic mass is 79.9. The van der Waals surface area contributed by atoms with Gasteiger partial charge in [-0.2, -0.15) is 5.10 Å². The van der Waals surface area contributed by atoms with E-state index in [4.69, 9.17) is 4.74 Å². The average Bonchev–Trinajstić information content (AvgIpc) is 3.41. The molecule has 10 heteroatoms. The number of nitrogens with one attached hydrogen (secondary N) is 1. The van der Waals surface area contributed by atoms with Crippen molar-refractivity contribution in [1.82, 2.24) is 25.0 Å². The van der Waals surface area contributed by atoms with Crippen LogP contribution in [0.4, 0.5) is 4.79 Å². The van der Waals surface area contributed by atoms with Gasteiger partial charge in [-0.05, 0) is 63.4 Å². The lowest BCUT2D eigenvalue weighted by Crippen LogP contribution is -2.66. The number of hydrogen-bond acceptors (Lipinski definition) is 6. The van der Waals surface area contributed by atoms with Crippen molar-refractivity contribution >= 4 is 27.9 Å². The Hall–Kier alpha value is -3.24. The van der Waals surface area contributed by atoms with E-state index in [1.807, 2.05) is 69.0 Å². The highest BCUT2D eigenvalue weighted by Gasteiger charge is 2.58. The number of aromatic amines is 1. The molecular formula is C31H38BrN5O4. The number of amides is 2. The van der Waals surface area contributed by atoms with E-state index < -0.39 is 22.7 Å². The first kappa shape index (κ1) is 29.3. The Balaban J connectivity index is 1.44. The van der Waals surface area contributed by atoms with Crippen molar-refractivity contribution < 1.29 is 19.4 Å². The second kappa shape index (κ2) is 10.9. The number of benzene rings is 1. The molecule has 0 unspecified atom stereocenters. The maximum atomic E-state index is 12.8. The minimum absolute atomic E-state index is 0.115. The summed E-state index contributed by atoms with van der Waals surface area (Å²) in [7, 11) is 0. The van der Waals surface area contributed by atoms with Crippen molar-refractivity contribution in [2.75, 3.05) is 26.2 Å². The zero-order valence-electron chi connectivity index (χ0n) is 24.3. The highest BCUT2D eigenvalue weighted by molar-refractivity contribution is 9.10. The van der Waals surface area contributed by atoms with Crippen molar-refractivity contribution in [3.63, 3.8) is 0 Å². The molecule has 2 N–H and O–H groups in total. The topological polar surface area (TPSA) is 112 Å². The van der Waals surface area contributed by atoms with Gasteiger partial charge in [0, 0.05) is 78.1 Å². The van der Waals surface area contributed by atoms with Crippen LogP contribution in [0.1, 0.15) is 70.2 Å². The Bertz CT molecular complexity index is 1420. The summed E-state index contributed by atoms with van der Waals surface area (Å²) in [6.45, 7) is 11.3.